The summed E-state index contributed by atoms with van der Waals surface area (Å²) >= 11 is 1.36. The van der Waals surface area contributed by atoms with Gasteiger partial charge in [0, 0.05) is 17.3 Å². The number of anilines is 1. The minimum atomic E-state index is -0.593. The maximum Gasteiger partial charge on any atom is 0.341 e. The van der Waals surface area contributed by atoms with Crippen LogP contribution >= 0.6 is 11.3 Å². The van der Waals surface area contributed by atoms with Crippen molar-refractivity contribution in [1.82, 2.24) is 5.32 Å². The van der Waals surface area contributed by atoms with Gasteiger partial charge in [0.05, 0.1) is 5.56 Å². The smallest absolute Gasteiger partial charge is 0.341 e. The summed E-state index contributed by atoms with van der Waals surface area (Å²) in [4.78, 5) is 37.7. The summed E-state index contributed by atoms with van der Waals surface area (Å²) in [6, 6.07) is 9.89. The molecule has 1 aliphatic rings. The normalized spacial score (nSPS) is 14.2. The Balaban J connectivity index is 1.53. The van der Waals surface area contributed by atoms with Crippen molar-refractivity contribution in [3.63, 3.8) is 0 Å². The number of esters is 1. The Labute approximate surface area is 174 Å². The molecule has 1 aliphatic carbocycles. The molecule has 6 nitrogen and oxygen atoms in total. The summed E-state index contributed by atoms with van der Waals surface area (Å²) < 4.78 is 5.22. The lowest BCUT2D eigenvalue weighted by atomic mass is 10.0. The second-order valence-electron chi connectivity index (χ2n) is 7.44. The molecular weight excluding hydrogens is 388 g/mol. The standard InChI is InChI=1S/C22H26N2O4S/c1-13(16-7-5-4-6-8-16)11-23-18(25)12-28-22(27)19-14(2)15(3)29-21(19)24-20(26)17-9-10-17/h4-8,13,17H,9-12H2,1-3H3,(H,23,25)(H,24,26)/t13-/m0/s1. The molecule has 0 unspecified atom stereocenters. The SMILES string of the molecule is Cc1sc(NC(=O)C2CC2)c(C(=O)OCC(=O)NC[C@H](C)c2ccccc2)c1C. The van der Waals surface area contributed by atoms with Crippen LogP contribution in [-0.4, -0.2) is 30.9 Å². The van der Waals surface area contributed by atoms with Crippen LogP contribution in [0.2, 0.25) is 0 Å². The first-order valence-electron chi connectivity index (χ1n) is 9.76. The van der Waals surface area contributed by atoms with Gasteiger partial charge in [0.2, 0.25) is 5.91 Å². The molecule has 7 heteroatoms. The molecule has 1 aromatic heterocycles. The lowest BCUT2D eigenvalue weighted by Gasteiger charge is -2.13. The fraction of sp³-hybridized carbons (Fsp3) is 0.409. The first-order valence-corrected chi connectivity index (χ1v) is 10.6. The molecule has 1 heterocycles. The van der Waals surface area contributed by atoms with Crippen LogP contribution in [0.25, 0.3) is 0 Å². The summed E-state index contributed by atoms with van der Waals surface area (Å²) in [7, 11) is 0. The van der Waals surface area contributed by atoms with Gasteiger partial charge in [0.15, 0.2) is 6.61 Å². The third kappa shape index (κ3) is 5.44. The number of benzene rings is 1. The van der Waals surface area contributed by atoms with Gasteiger partial charge in [-0.3, -0.25) is 9.59 Å². The third-order valence-electron chi connectivity index (χ3n) is 5.08. The molecule has 2 aromatic rings. The fourth-order valence-corrected chi connectivity index (χ4v) is 3.99. The molecule has 0 aliphatic heterocycles. The number of rotatable bonds is 8. The molecule has 2 N–H and O–H groups in total. The Morgan fingerprint density at radius 2 is 1.86 bits per heavy atom. The number of ether oxygens (including phenoxy) is 1. The molecule has 0 saturated heterocycles. The van der Waals surface area contributed by atoms with Crippen LogP contribution in [0.3, 0.4) is 0 Å². The van der Waals surface area contributed by atoms with Crippen molar-refractivity contribution in [2.45, 2.75) is 39.5 Å². The van der Waals surface area contributed by atoms with Crippen molar-refractivity contribution < 1.29 is 19.1 Å². The van der Waals surface area contributed by atoms with E-state index in [1.54, 1.807) is 0 Å². The highest BCUT2D eigenvalue weighted by atomic mass is 32.1. The lowest BCUT2D eigenvalue weighted by molar-refractivity contribution is -0.124. The van der Waals surface area contributed by atoms with Crippen molar-refractivity contribution in [3.05, 3.63) is 51.9 Å². The van der Waals surface area contributed by atoms with Gasteiger partial charge >= 0.3 is 5.97 Å². The number of carbonyl (C=O) groups is 3. The Hall–Kier alpha value is -2.67. The van der Waals surface area contributed by atoms with E-state index in [4.69, 9.17) is 4.74 Å². The molecule has 3 rings (SSSR count). The van der Waals surface area contributed by atoms with Crippen LogP contribution in [0.1, 0.15) is 52.0 Å². The van der Waals surface area contributed by atoms with Gasteiger partial charge in [-0.2, -0.15) is 0 Å². The van der Waals surface area contributed by atoms with E-state index >= 15 is 0 Å². The fourth-order valence-electron chi connectivity index (χ4n) is 2.94. The van der Waals surface area contributed by atoms with E-state index in [-0.39, 0.29) is 30.3 Å². The quantitative estimate of drug-likeness (QED) is 0.644. The zero-order valence-corrected chi connectivity index (χ0v) is 17.7. The van der Waals surface area contributed by atoms with Crippen LogP contribution < -0.4 is 10.6 Å². The largest absolute Gasteiger partial charge is 0.452 e. The van der Waals surface area contributed by atoms with Gasteiger partial charge in [-0.25, -0.2) is 4.79 Å². The number of carbonyl (C=O) groups excluding carboxylic acids is 3. The predicted octanol–water partition coefficient (Wildman–Crippen LogP) is 3.79. The zero-order valence-electron chi connectivity index (χ0n) is 16.9. The van der Waals surface area contributed by atoms with E-state index in [0.717, 1.165) is 28.8 Å². The van der Waals surface area contributed by atoms with Gasteiger partial charge in [-0.05, 0) is 43.7 Å². The Morgan fingerprint density at radius 1 is 1.17 bits per heavy atom. The average Bonchev–Trinajstić information content (AvgIpc) is 3.52. The molecule has 1 atom stereocenters. The molecule has 1 aromatic carbocycles. The van der Waals surface area contributed by atoms with Crippen molar-refractivity contribution in [2.24, 2.45) is 5.92 Å². The predicted molar refractivity (Wildman–Crippen MR) is 113 cm³/mol. The first-order chi connectivity index (χ1) is 13.9. The molecule has 0 radical (unpaired) electrons. The second kappa shape index (κ2) is 9.22. The maximum atomic E-state index is 12.6. The van der Waals surface area contributed by atoms with Crippen LogP contribution in [-0.2, 0) is 14.3 Å². The van der Waals surface area contributed by atoms with Crippen LogP contribution in [0, 0.1) is 19.8 Å². The minimum absolute atomic E-state index is 0.0407. The number of hydrogen-bond acceptors (Lipinski definition) is 5. The van der Waals surface area contributed by atoms with Crippen molar-refractivity contribution >= 4 is 34.1 Å². The minimum Gasteiger partial charge on any atom is -0.452 e. The molecule has 0 bridgehead atoms. The number of amides is 2. The van der Waals surface area contributed by atoms with Crippen molar-refractivity contribution in [2.75, 3.05) is 18.5 Å². The Kier molecular flexibility index (Phi) is 6.69. The summed E-state index contributed by atoms with van der Waals surface area (Å²) in [5.41, 5.74) is 2.24. The highest BCUT2D eigenvalue weighted by Gasteiger charge is 2.31. The van der Waals surface area contributed by atoms with Gasteiger partial charge in [0.1, 0.15) is 5.00 Å². The highest BCUT2D eigenvalue weighted by molar-refractivity contribution is 7.16. The van der Waals surface area contributed by atoms with Gasteiger partial charge in [-0.1, -0.05) is 37.3 Å². The molecule has 154 valence electrons. The molecule has 0 spiro atoms. The van der Waals surface area contributed by atoms with E-state index in [0.29, 0.717) is 17.1 Å². The highest BCUT2D eigenvalue weighted by Crippen LogP contribution is 2.36. The number of nitrogens with one attached hydrogen (secondary N) is 2. The number of hydrogen-bond donors (Lipinski definition) is 2. The summed E-state index contributed by atoms with van der Waals surface area (Å²) in [5.74, 6) is -0.813. The maximum absolute atomic E-state index is 12.6. The lowest BCUT2D eigenvalue weighted by Crippen LogP contribution is -2.31. The summed E-state index contributed by atoms with van der Waals surface area (Å²) in [6.45, 7) is 5.83. The van der Waals surface area contributed by atoms with Crippen molar-refractivity contribution in [1.29, 1.82) is 0 Å². The van der Waals surface area contributed by atoms with Crippen LogP contribution in [0.15, 0.2) is 30.3 Å². The summed E-state index contributed by atoms with van der Waals surface area (Å²) in [5, 5.41) is 6.13. The molecule has 2 amide bonds. The van der Waals surface area contributed by atoms with Crippen LogP contribution in [0.5, 0.6) is 0 Å². The van der Waals surface area contributed by atoms with E-state index in [2.05, 4.69) is 10.6 Å². The molecule has 29 heavy (non-hydrogen) atoms. The number of thiophene rings is 1. The second-order valence-corrected chi connectivity index (χ2v) is 8.67. The van der Waals surface area contributed by atoms with Gasteiger partial charge in [-0.15, -0.1) is 11.3 Å². The summed E-state index contributed by atoms with van der Waals surface area (Å²) in [6.07, 6.45) is 1.77. The Bertz CT molecular complexity index is 903. The van der Waals surface area contributed by atoms with Gasteiger partial charge in [0.25, 0.3) is 5.91 Å². The molecular formula is C22H26N2O4S. The van der Waals surface area contributed by atoms with E-state index in [1.165, 1.54) is 11.3 Å². The topological polar surface area (TPSA) is 84.5 Å². The first kappa shape index (κ1) is 21.0. The molecule has 1 saturated carbocycles. The number of aryl methyl sites for hydroxylation is 1. The van der Waals surface area contributed by atoms with E-state index < -0.39 is 5.97 Å². The molecule has 1 fully saturated rings. The third-order valence-corrected chi connectivity index (χ3v) is 6.21. The van der Waals surface area contributed by atoms with Crippen LogP contribution in [0.4, 0.5) is 5.00 Å². The monoisotopic (exact) mass is 414 g/mol. The van der Waals surface area contributed by atoms with Gasteiger partial charge < -0.3 is 15.4 Å². The van der Waals surface area contributed by atoms with E-state index in [1.807, 2.05) is 51.1 Å². The Morgan fingerprint density at radius 3 is 2.52 bits per heavy atom. The average molecular weight is 415 g/mol. The van der Waals surface area contributed by atoms with E-state index in [9.17, 15) is 14.4 Å². The zero-order chi connectivity index (χ0) is 21.0. The van der Waals surface area contributed by atoms with Crippen molar-refractivity contribution in [3.8, 4) is 0 Å².